The molecule has 0 bridgehead atoms. The van der Waals surface area contributed by atoms with Gasteiger partial charge in [-0.3, -0.25) is 9.20 Å². The van der Waals surface area contributed by atoms with Crippen LogP contribution in [-0.2, 0) is 4.79 Å². The first-order chi connectivity index (χ1) is 9.74. The third-order valence-corrected chi connectivity index (χ3v) is 4.54. The smallest absolute Gasteiger partial charge is 0.233 e. The number of piperazine rings is 1. The van der Waals surface area contributed by atoms with E-state index in [1.54, 1.807) is 0 Å². The number of likely N-dealkylation sites (N-methyl/N-ethyl adjacent to an activating group) is 1. The zero-order valence-electron chi connectivity index (χ0n) is 11.5. The molecule has 20 heavy (non-hydrogen) atoms. The van der Waals surface area contributed by atoms with E-state index in [0.717, 1.165) is 36.9 Å². The van der Waals surface area contributed by atoms with Crippen molar-refractivity contribution >= 4 is 23.2 Å². The quantitative estimate of drug-likeness (QED) is 0.797. The highest BCUT2D eigenvalue weighted by Crippen LogP contribution is 2.19. The summed E-state index contributed by atoms with van der Waals surface area (Å²) in [5.74, 6) is 0.661. The Bertz CT molecular complexity index is 604. The van der Waals surface area contributed by atoms with Crippen LogP contribution in [-0.4, -0.2) is 64.1 Å². The van der Waals surface area contributed by atoms with Crippen molar-refractivity contribution in [1.82, 2.24) is 19.2 Å². The Labute approximate surface area is 122 Å². The van der Waals surface area contributed by atoms with Crippen LogP contribution in [0, 0.1) is 0 Å². The number of rotatable bonds is 3. The predicted molar refractivity (Wildman–Crippen MR) is 80.0 cm³/mol. The minimum Gasteiger partial charge on any atom is -0.339 e. The van der Waals surface area contributed by atoms with Crippen LogP contribution >= 0.6 is 11.8 Å². The van der Waals surface area contributed by atoms with Crippen molar-refractivity contribution in [1.29, 1.82) is 0 Å². The van der Waals surface area contributed by atoms with E-state index in [1.165, 1.54) is 11.8 Å². The van der Waals surface area contributed by atoms with Crippen molar-refractivity contribution in [2.75, 3.05) is 39.0 Å². The lowest BCUT2D eigenvalue weighted by Crippen LogP contribution is -2.47. The molecule has 0 aliphatic carbocycles. The number of carbonyl (C=O) groups is 1. The Hall–Kier alpha value is -1.53. The molecule has 1 aliphatic rings. The molecule has 6 heteroatoms. The number of hydrogen-bond donors (Lipinski definition) is 0. The maximum atomic E-state index is 12.2. The lowest BCUT2D eigenvalue weighted by atomic mass is 10.3. The maximum absolute atomic E-state index is 12.2. The summed E-state index contributed by atoms with van der Waals surface area (Å²) < 4.78 is 2.02. The second kappa shape index (κ2) is 5.85. The fourth-order valence-electron chi connectivity index (χ4n) is 2.30. The summed E-state index contributed by atoms with van der Waals surface area (Å²) in [5.41, 5.74) is 1.06. The summed E-state index contributed by atoms with van der Waals surface area (Å²) in [5, 5.41) is 0.878. The van der Waals surface area contributed by atoms with Gasteiger partial charge in [0.05, 0.1) is 17.5 Å². The normalized spacial score (nSPS) is 16.8. The molecule has 1 aliphatic heterocycles. The number of amides is 1. The van der Waals surface area contributed by atoms with Crippen LogP contribution in [0.2, 0.25) is 0 Å². The second-order valence-electron chi connectivity index (χ2n) is 5.01. The average molecular weight is 290 g/mol. The summed E-state index contributed by atoms with van der Waals surface area (Å²) >= 11 is 1.51. The molecule has 0 radical (unpaired) electrons. The molecule has 1 amide bonds. The molecular formula is C14H18N4OS. The molecule has 3 rings (SSSR count). The van der Waals surface area contributed by atoms with Crippen LogP contribution in [0.3, 0.4) is 0 Å². The fraction of sp³-hybridized carbons (Fsp3) is 0.429. The molecule has 106 valence electrons. The van der Waals surface area contributed by atoms with Gasteiger partial charge >= 0.3 is 0 Å². The average Bonchev–Trinajstić information content (AvgIpc) is 2.89. The summed E-state index contributed by atoms with van der Waals surface area (Å²) in [7, 11) is 2.09. The zero-order chi connectivity index (χ0) is 13.9. The van der Waals surface area contributed by atoms with Crippen LogP contribution in [0.15, 0.2) is 35.7 Å². The number of fused-ring (bicyclic) bond motifs is 1. The van der Waals surface area contributed by atoms with Gasteiger partial charge in [0.2, 0.25) is 5.91 Å². The highest BCUT2D eigenvalue weighted by atomic mass is 32.2. The van der Waals surface area contributed by atoms with E-state index in [9.17, 15) is 4.79 Å². The van der Waals surface area contributed by atoms with E-state index >= 15 is 0 Å². The molecule has 0 spiro atoms. The van der Waals surface area contributed by atoms with E-state index < -0.39 is 0 Å². The SMILES string of the molecule is CN1CCN(C(=O)CSc2ncc3ccccn23)CC1. The fourth-order valence-corrected chi connectivity index (χ4v) is 3.17. The van der Waals surface area contributed by atoms with Gasteiger partial charge in [-0.25, -0.2) is 4.98 Å². The van der Waals surface area contributed by atoms with E-state index in [1.807, 2.05) is 39.9 Å². The Morgan fingerprint density at radius 2 is 2.10 bits per heavy atom. The summed E-state index contributed by atoms with van der Waals surface area (Å²) in [4.78, 5) is 20.8. The molecule has 0 saturated carbocycles. The lowest BCUT2D eigenvalue weighted by Gasteiger charge is -2.32. The molecule has 2 aromatic heterocycles. The molecule has 0 aromatic carbocycles. The van der Waals surface area contributed by atoms with Gasteiger partial charge in [0.25, 0.3) is 0 Å². The van der Waals surface area contributed by atoms with Crippen molar-refractivity contribution in [2.24, 2.45) is 0 Å². The zero-order valence-corrected chi connectivity index (χ0v) is 12.3. The van der Waals surface area contributed by atoms with Crippen molar-refractivity contribution in [3.8, 4) is 0 Å². The first kappa shape index (κ1) is 13.5. The molecule has 1 fully saturated rings. The van der Waals surface area contributed by atoms with Crippen molar-refractivity contribution < 1.29 is 4.79 Å². The highest BCUT2D eigenvalue weighted by Gasteiger charge is 2.19. The first-order valence-corrected chi connectivity index (χ1v) is 7.74. The van der Waals surface area contributed by atoms with Crippen molar-refractivity contribution in [3.05, 3.63) is 30.6 Å². The maximum Gasteiger partial charge on any atom is 0.233 e. The number of hydrogen-bond acceptors (Lipinski definition) is 4. The van der Waals surface area contributed by atoms with Gasteiger partial charge < -0.3 is 9.80 Å². The Kier molecular flexibility index (Phi) is 3.93. The summed E-state index contributed by atoms with van der Waals surface area (Å²) in [6.45, 7) is 3.59. The van der Waals surface area contributed by atoms with Gasteiger partial charge in [-0.05, 0) is 19.2 Å². The van der Waals surface area contributed by atoms with Gasteiger partial charge in [-0.1, -0.05) is 17.8 Å². The monoisotopic (exact) mass is 290 g/mol. The summed E-state index contributed by atoms with van der Waals surface area (Å²) in [6.07, 6.45) is 3.81. The number of nitrogens with zero attached hydrogens (tertiary/aromatic N) is 4. The van der Waals surface area contributed by atoms with Crippen LogP contribution in [0.5, 0.6) is 0 Å². The molecule has 5 nitrogen and oxygen atoms in total. The Morgan fingerprint density at radius 1 is 1.30 bits per heavy atom. The van der Waals surface area contributed by atoms with Crippen LogP contribution < -0.4 is 0 Å². The third-order valence-electron chi connectivity index (χ3n) is 3.59. The number of carbonyl (C=O) groups excluding carboxylic acids is 1. The van der Waals surface area contributed by atoms with E-state index in [-0.39, 0.29) is 5.91 Å². The van der Waals surface area contributed by atoms with Crippen LogP contribution in [0.4, 0.5) is 0 Å². The number of pyridine rings is 1. The molecule has 3 heterocycles. The van der Waals surface area contributed by atoms with Gasteiger partial charge in [-0.15, -0.1) is 0 Å². The Morgan fingerprint density at radius 3 is 2.90 bits per heavy atom. The number of aromatic nitrogens is 2. The van der Waals surface area contributed by atoms with Gasteiger partial charge in [-0.2, -0.15) is 0 Å². The molecule has 0 atom stereocenters. The largest absolute Gasteiger partial charge is 0.339 e. The lowest BCUT2D eigenvalue weighted by molar-refractivity contribution is -0.129. The van der Waals surface area contributed by atoms with Crippen LogP contribution in [0.1, 0.15) is 0 Å². The summed E-state index contributed by atoms with van der Waals surface area (Å²) in [6, 6.07) is 5.97. The van der Waals surface area contributed by atoms with Crippen molar-refractivity contribution in [3.63, 3.8) is 0 Å². The minimum atomic E-state index is 0.204. The Balaban J connectivity index is 1.60. The molecule has 0 N–H and O–H groups in total. The standard InChI is InChI=1S/C14H18N4OS/c1-16-6-8-17(9-7-16)13(19)11-20-14-15-10-12-4-2-3-5-18(12)14/h2-5,10H,6-9,11H2,1H3. The van der Waals surface area contributed by atoms with E-state index in [0.29, 0.717) is 5.75 Å². The topological polar surface area (TPSA) is 40.8 Å². The number of thioether (sulfide) groups is 1. The van der Waals surface area contributed by atoms with E-state index in [4.69, 9.17) is 0 Å². The number of imidazole rings is 1. The minimum absolute atomic E-state index is 0.204. The van der Waals surface area contributed by atoms with Gasteiger partial charge in [0.1, 0.15) is 0 Å². The highest BCUT2D eigenvalue weighted by molar-refractivity contribution is 7.99. The van der Waals surface area contributed by atoms with Crippen LogP contribution in [0.25, 0.3) is 5.52 Å². The van der Waals surface area contributed by atoms with Crippen molar-refractivity contribution in [2.45, 2.75) is 5.16 Å². The first-order valence-electron chi connectivity index (χ1n) is 6.75. The second-order valence-corrected chi connectivity index (χ2v) is 5.95. The molecule has 2 aromatic rings. The molecular weight excluding hydrogens is 272 g/mol. The third kappa shape index (κ3) is 2.81. The van der Waals surface area contributed by atoms with Gasteiger partial charge in [0, 0.05) is 32.4 Å². The predicted octanol–water partition coefficient (Wildman–Crippen LogP) is 1.20. The molecule has 1 saturated heterocycles. The van der Waals surface area contributed by atoms with Gasteiger partial charge in [0.15, 0.2) is 5.16 Å². The van der Waals surface area contributed by atoms with E-state index in [2.05, 4.69) is 16.9 Å². The molecule has 0 unspecified atom stereocenters.